The molecule has 1 saturated heterocycles. The van der Waals surface area contributed by atoms with Crippen LogP contribution in [0.1, 0.15) is 36.1 Å². The molecule has 5 rings (SSSR count). The van der Waals surface area contributed by atoms with E-state index in [-0.39, 0.29) is 6.04 Å². The fourth-order valence-corrected chi connectivity index (χ4v) is 4.30. The quantitative estimate of drug-likeness (QED) is 0.394. The molecule has 33 heavy (non-hydrogen) atoms. The van der Waals surface area contributed by atoms with Crippen molar-refractivity contribution in [2.45, 2.75) is 32.0 Å². The number of rotatable bonds is 9. The summed E-state index contributed by atoms with van der Waals surface area (Å²) in [6.45, 7) is 3.60. The van der Waals surface area contributed by atoms with Crippen LogP contribution in [0.2, 0.25) is 0 Å². The molecule has 4 aromatic rings. The van der Waals surface area contributed by atoms with Crippen LogP contribution >= 0.6 is 0 Å². The summed E-state index contributed by atoms with van der Waals surface area (Å²) in [6.07, 6.45) is 7.52. The Hall–Kier alpha value is -3.43. The van der Waals surface area contributed by atoms with Gasteiger partial charge in [-0.2, -0.15) is 0 Å². The Labute approximate surface area is 192 Å². The van der Waals surface area contributed by atoms with Crippen molar-refractivity contribution in [1.29, 1.82) is 0 Å². The van der Waals surface area contributed by atoms with E-state index in [2.05, 4.69) is 54.0 Å². The number of ether oxygens (including phenoxy) is 1. The minimum Gasteiger partial charge on any atom is -0.383 e. The molecule has 0 spiro atoms. The first-order valence-corrected chi connectivity index (χ1v) is 11.3. The van der Waals surface area contributed by atoms with E-state index in [1.54, 1.807) is 19.5 Å². The highest BCUT2D eigenvalue weighted by atomic mass is 16.5. The van der Waals surface area contributed by atoms with E-state index < -0.39 is 0 Å². The van der Waals surface area contributed by atoms with Crippen molar-refractivity contribution in [2.75, 3.05) is 32.1 Å². The van der Waals surface area contributed by atoms with Gasteiger partial charge in [0.1, 0.15) is 17.2 Å². The van der Waals surface area contributed by atoms with Crippen LogP contribution in [0.25, 0.3) is 11.2 Å². The number of benzene rings is 1. The smallest absolute Gasteiger partial charge is 0.166 e. The fourth-order valence-electron chi connectivity index (χ4n) is 4.30. The molecule has 1 atom stereocenters. The number of imidazole rings is 1. The number of likely N-dealkylation sites (tertiary alicyclic amines) is 1. The minimum atomic E-state index is 0.112. The third-order valence-electron chi connectivity index (χ3n) is 5.90. The minimum absolute atomic E-state index is 0.112. The average molecular weight is 445 g/mol. The summed E-state index contributed by atoms with van der Waals surface area (Å²) in [6, 6.07) is 12.3. The van der Waals surface area contributed by atoms with Crippen molar-refractivity contribution in [1.82, 2.24) is 34.4 Å². The Morgan fingerprint density at radius 1 is 1.03 bits per heavy atom. The molecule has 0 radical (unpaired) electrons. The van der Waals surface area contributed by atoms with E-state index in [1.807, 2.05) is 18.5 Å². The fraction of sp³-hybridized carbons (Fsp3) is 0.375. The average Bonchev–Trinajstić information content (AvgIpc) is 3.48. The third-order valence-corrected chi connectivity index (χ3v) is 5.90. The van der Waals surface area contributed by atoms with Gasteiger partial charge in [-0.15, -0.1) is 0 Å². The summed E-state index contributed by atoms with van der Waals surface area (Å²) >= 11 is 0. The predicted molar refractivity (Wildman–Crippen MR) is 126 cm³/mol. The molecular formula is C24H28N8O. The van der Waals surface area contributed by atoms with Crippen molar-refractivity contribution in [3.05, 3.63) is 72.3 Å². The third kappa shape index (κ3) is 4.84. The topological polar surface area (TPSA) is 93.9 Å². The van der Waals surface area contributed by atoms with Gasteiger partial charge in [0.15, 0.2) is 11.5 Å². The van der Waals surface area contributed by atoms with Crippen LogP contribution in [0.3, 0.4) is 0 Å². The molecule has 1 N–H and O–H groups in total. The molecule has 0 saturated carbocycles. The number of nitrogens with one attached hydrogen (secondary N) is 1. The zero-order valence-corrected chi connectivity index (χ0v) is 18.8. The van der Waals surface area contributed by atoms with E-state index in [4.69, 9.17) is 14.7 Å². The Morgan fingerprint density at radius 2 is 1.88 bits per heavy atom. The molecule has 9 nitrogen and oxygen atoms in total. The first-order valence-electron chi connectivity index (χ1n) is 11.3. The highest BCUT2D eigenvalue weighted by Crippen LogP contribution is 2.33. The molecule has 9 heteroatoms. The lowest BCUT2D eigenvalue weighted by molar-refractivity contribution is 0.210. The molecule has 1 aliphatic rings. The van der Waals surface area contributed by atoms with Crippen LogP contribution in [0.15, 0.2) is 55.1 Å². The first kappa shape index (κ1) is 21.4. The van der Waals surface area contributed by atoms with Gasteiger partial charge < -0.3 is 14.6 Å². The largest absolute Gasteiger partial charge is 0.383 e. The van der Waals surface area contributed by atoms with Gasteiger partial charge in [0.25, 0.3) is 0 Å². The van der Waals surface area contributed by atoms with E-state index in [9.17, 15) is 0 Å². The zero-order chi connectivity index (χ0) is 22.5. The van der Waals surface area contributed by atoms with Crippen LogP contribution in [-0.4, -0.2) is 61.2 Å². The number of hydrogen-bond donors (Lipinski definition) is 1. The zero-order valence-electron chi connectivity index (χ0n) is 18.8. The SMILES string of the molecule is COCCNc1nc(C2CCCN2Cc2ncccn2)nc2c1ncn2Cc1ccccc1. The molecule has 0 aliphatic carbocycles. The van der Waals surface area contributed by atoms with Crippen molar-refractivity contribution >= 4 is 17.0 Å². The predicted octanol–water partition coefficient (Wildman–Crippen LogP) is 3.06. The maximum absolute atomic E-state index is 5.22. The second kappa shape index (κ2) is 10.0. The molecule has 0 amide bonds. The number of hydrogen-bond acceptors (Lipinski definition) is 8. The monoisotopic (exact) mass is 444 g/mol. The Kier molecular flexibility index (Phi) is 6.50. The number of methoxy groups -OCH3 is 1. The molecular weight excluding hydrogens is 416 g/mol. The lowest BCUT2D eigenvalue weighted by Gasteiger charge is -2.23. The van der Waals surface area contributed by atoms with Crippen LogP contribution < -0.4 is 5.32 Å². The van der Waals surface area contributed by atoms with Gasteiger partial charge in [0.05, 0.1) is 32.1 Å². The second-order valence-electron chi connectivity index (χ2n) is 8.17. The van der Waals surface area contributed by atoms with Gasteiger partial charge in [-0.3, -0.25) is 4.90 Å². The van der Waals surface area contributed by atoms with Gasteiger partial charge in [0, 0.05) is 26.0 Å². The van der Waals surface area contributed by atoms with Gasteiger partial charge >= 0.3 is 0 Å². The van der Waals surface area contributed by atoms with Crippen molar-refractivity contribution in [2.24, 2.45) is 0 Å². The van der Waals surface area contributed by atoms with Crippen LogP contribution in [0.4, 0.5) is 5.82 Å². The Balaban J connectivity index is 1.49. The van der Waals surface area contributed by atoms with Gasteiger partial charge in [-0.1, -0.05) is 30.3 Å². The normalized spacial score (nSPS) is 16.5. The molecule has 170 valence electrons. The summed E-state index contributed by atoms with van der Waals surface area (Å²) in [7, 11) is 1.69. The summed E-state index contributed by atoms with van der Waals surface area (Å²) in [5, 5.41) is 3.40. The number of nitrogens with zero attached hydrogens (tertiary/aromatic N) is 7. The van der Waals surface area contributed by atoms with Gasteiger partial charge in [-0.05, 0) is 31.0 Å². The highest BCUT2D eigenvalue weighted by Gasteiger charge is 2.30. The summed E-state index contributed by atoms with van der Waals surface area (Å²) < 4.78 is 7.31. The summed E-state index contributed by atoms with van der Waals surface area (Å²) in [5.41, 5.74) is 2.82. The molecule has 1 aromatic carbocycles. The molecule has 4 heterocycles. The maximum atomic E-state index is 5.22. The van der Waals surface area contributed by atoms with E-state index in [0.29, 0.717) is 26.2 Å². The summed E-state index contributed by atoms with van der Waals surface area (Å²) in [5.74, 6) is 2.38. The van der Waals surface area contributed by atoms with Crippen LogP contribution in [0, 0.1) is 0 Å². The number of aromatic nitrogens is 6. The lowest BCUT2D eigenvalue weighted by atomic mass is 10.2. The van der Waals surface area contributed by atoms with Crippen LogP contribution in [-0.2, 0) is 17.8 Å². The van der Waals surface area contributed by atoms with E-state index in [0.717, 1.165) is 48.0 Å². The van der Waals surface area contributed by atoms with E-state index in [1.165, 1.54) is 5.56 Å². The van der Waals surface area contributed by atoms with Gasteiger partial charge in [0.2, 0.25) is 0 Å². The Morgan fingerprint density at radius 3 is 2.70 bits per heavy atom. The number of anilines is 1. The molecule has 0 bridgehead atoms. The molecule has 3 aromatic heterocycles. The molecule has 1 aliphatic heterocycles. The second-order valence-corrected chi connectivity index (χ2v) is 8.17. The van der Waals surface area contributed by atoms with Gasteiger partial charge in [-0.25, -0.2) is 24.9 Å². The standard InChI is InChI=1S/C24H28N8O/c1-33-14-12-27-23-21-24(32(17-28-21)15-18-7-3-2-4-8-18)30-22(29-23)19-9-5-13-31(19)16-20-25-10-6-11-26-20/h2-4,6-8,10-11,17,19H,5,9,12-16H2,1H3,(H,27,29,30). The van der Waals surface area contributed by atoms with E-state index >= 15 is 0 Å². The van der Waals surface area contributed by atoms with Crippen molar-refractivity contribution in [3.8, 4) is 0 Å². The molecule has 1 unspecified atom stereocenters. The Bertz CT molecular complexity index is 1180. The van der Waals surface area contributed by atoms with Crippen LogP contribution in [0.5, 0.6) is 0 Å². The summed E-state index contributed by atoms with van der Waals surface area (Å²) in [4.78, 5) is 25.8. The van der Waals surface area contributed by atoms with Crippen molar-refractivity contribution in [3.63, 3.8) is 0 Å². The lowest BCUT2D eigenvalue weighted by Crippen LogP contribution is -2.26. The number of fused-ring (bicyclic) bond motifs is 1. The highest BCUT2D eigenvalue weighted by molar-refractivity contribution is 5.83. The van der Waals surface area contributed by atoms with Crippen molar-refractivity contribution < 1.29 is 4.74 Å². The molecule has 1 fully saturated rings. The first-order chi connectivity index (χ1) is 16.3. The maximum Gasteiger partial charge on any atom is 0.166 e.